The molecule has 156 valence electrons. The van der Waals surface area contributed by atoms with E-state index in [1.165, 1.54) is 9.58 Å². The number of aryl methyl sites for hydroxylation is 3. The molecule has 1 aliphatic rings. The lowest BCUT2D eigenvalue weighted by Crippen LogP contribution is -2.31. The summed E-state index contributed by atoms with van der Waals surface area (Å²) in [6.45, 7) is 5.63. The maximum atomic E-state index is 13.2. The van der Waals surface area contributed by atoms with Crippen molar-refractivity contribution >= 4 is 28.5 Å². The fraction of sp³-hybridized carbons (Fsp3) is 0.217. The van der Waals surface area contributed by atoms with E-state index < -0.39 is 5.92 Å². The van der Waals surface area contributed by atoms with Crippen molar-refractivity contribution < 1.29 is 9.59 Å². The number of imide groups is 1. The van der Waals surface area contributed by atoms with Gasteiger partial charge in [0.15, 0.2) is 0 Å². The number of carbonyl (C=O) groups is 2. The van der Waals surface area contributed by atoms with Gasteiger partial charge in [0.2, 0.25) is 17.8 Å². The Kier molecular flexibility index (Phi) is 4.18. The molecule has 1 unspecified atom stereocenters. The van der Waals surface area contributed by atoms with Crippen molar-refractivity contribution in [1.82, 2.24) is 19.7 Å². The minimum atomic E-state index is -0.830. The summed E-state index contributed by atoms with van der Waals surface area (Å²) < 4.78 is 1.29. The van der Waals surface area contributed by atoms with Crippen molar-refractivity contribution in [2.24, 2.45) is 0 Å². The van der Waals surface area contributed by atoms with Crippen LogP contribution in [0.3, 0.4) is 0 Å². The molecule has 2 amide bonds. The highest BCUT2D eigenvalue weighted by molar-refractivity contribution is 6.22. The maximum absolute atomic E-state index is 13.2. The number of amides is 2. The first-order chi connectivity index (χ1) is 14.8. The number of benzene rings is 2. The molecular formula is C23H21N5O3. The Hall–Kier alpha value is -3.94. The lowest BCUT2D eigenvalue weighted by molar-refractivity contribution is -0.121. The summed E-state index contributed by atoms with van der Waals surface area (Å²) in [4.78, 5) is 48.0. The van der Waals surface area contributed by atoms with Crippen LogP contribution < -0.4 is 10.5 Å². The number of nitrogens with one attached hydrogen (secondary N) is 2. The highest BCUT2D eigenvalue weighted by Gasteiger charge is 2.43. The summed E-state index contributed by atoms with van der Waals surface area (Å²) in [5.41, 5.74) is 4.58. The average Bonchev–Trinajstić information content (AvgIpc) is 3.37. The van der Waals surface area contributed by atoms with Crippen molar-refractivity contribution in [2.75, 3.05) is 4.90 Å². The minimum absolute atomic E-state index is 0.0418. The Morgan fingerprint density at radius 3 is 2.52 bits per heavy atom. The van der Waals surface area contributed by atoms with Crippen LogP contribution in [0.25, 0.3) is 17.0 Å². The molecule has 1 aliphatic heterocycles. The molecule has 31 heavy (non-hydrogen) atoms. The van der Waals surface area contributed by atoms with E-state index in [0.29, 0.717) is 22.9 Å². The molecule has 8 heteroatoms. The van der Waals surface area contributed by atoms with E-state index >= 15 is 0 Å². The van der Waals surface area contributed by atoms with Crippen molar-refractivity contribution in [3.05, 3.63) is 75.2 Å². The van der Waals surface area contributed by atoms with Crippen LogP contribution in [0.1, 0.15) is 34.7 Å². The van der Waals surface area contributed by atoms with E-state index in [1.54, 1.807) is 13.0 Å². The molecule has 1 saturated heterocycles. The molecule has 3 heterocycles. The fourth-order valence-corrected chi connectivity index (χ4v) is 4.16. The monoisotopic (exact) mass is 415 g/mol. The normalized spacial score (nSPS) is 16.6. The Labute approximate surface area is 177 Å². The molecular weight excluding hydrogens is 394 g/mol. The van der Waals surface area contributed by atoms with E-state index in [9.17, 15) is 14.4 Å². The van der Waals surface area contributed by atoms with Crippen molar-refractivity contribution in [3.8, 4) is 5.95 Å². The van der Waals surface area contributed by atoms with Gasteiger partial charge in [0, 0.05) is 12.1 Å². The van der Waals surface area contributed by atoms with Gasteiger partial charge in [-0.2, -0.15) is 4.68 Å². The molecule has 0 radical (unpaired) electrons. The number of rotatable bonds is 3. The number of anilines is 1. The Morgan fingerprint density at radius 2 is 1.77 bits per heavy atom. The van der Waals surface area contributed by atoms with E-state index in [2.05, 4.69) is 15.1 Å². The van der Waals surface area contributed by atoms with Crippen LogP contribution in [0.4, 0.5) is 5.69 Å². The predicted molar refractivity (Wildman–Crippen MR) is 117 cm³/mol. The zero-order valence-corrected chi connectivity index (χ0v) is 17.4. The van der Waals surface area contributed by atoms with Gasteiger partial charge in [0.05, 0.1) is 28.2 Å². The van der Waals surface area contributed by atoms with E-state index in [1.807, 2.05) is 50.2 Å². The second-order valence-electron chi connectivity index (χ2n) is 7.96. The number of H-pyrrole nitrogens is 2. The van der Waals surface area contributed by atoms with E-state index in [4.69, 9.17) is 0 Å². The third-order valence-electron chi connectivity index (χ3n) is 5.95. The predicted octanol–water partition coefficient (Wildman–Crippen LogP) is 3.01. The zero-order valence-electron chi connectivity index (χ0n) is 17.4. The highest BCUT2D eigenvalue weighted by atomic mass is 16.2. The van der Waals surface area contributed by atoms with Crippen molar-refractivity contribution in [3.63, 3.8) is 0 Å². The fourth-order valence-electron chi connectivity index (χ4n) is 4.16. The van der Waals surface area contributed by atoms with Gasteiger partial charge in [-0.15, -0.1) is 0 Å². The Bertz CT molecular complexity index is 1390. The molecule has 0 aliphatic carbocycles. The van der Waals surface area contributed by atoms with E-state index in [-0.39, 0.29) is 23.8 Å². The second kappa shape index (κ2) is 6.80. The topological polar surface area (TPSA) is 104 Å². The van der Waals surface area contributed by atoms with Gasteiger partial charge >= 0.3 is 0 Å². The first kappa shape index (κ1) is 19.0. The van der Waals surface area contributed by atoms with Crippen LogP contribution in [0, 0.1) is 20.8 Å². The molecule has 2 aromatic carbocycles. The summed E-state index contributed by atoms with van der Waals surface area (Å²) in [5.74, 6) is -1.19. The van der Waals surface area contributed by atoms with Gasteiger partial charge in [0.1, 0.15) is 0 Å². The van der Waals surface area contributed by atoms with Gasteiger partial charge in [-0.05, 0) is 56.2 Å². The van der Waals surface area contributed by atoms with Gasteiger partial charge in [-0.25, -0.2) is 9.88 Å². The van der Waals surface area contributed by atoms with Crippen molar-refractivity contribution in [1.29, 1.82) is 0 Å². The van der Waals surface area contributed by atoms with Crippen LogP contribution in [-0.2, 0) is 9.59 Å². The van der Waals surface area contributed by atoms with Crippen LogP contribution >= 0.6 is 0 Å². The second-order valence-corrected chi connectivity index (χ2v) is 7.96. The summed E-state index contributed by atoms with van der Waals surface area (Å²) in [5, 5.41) is 3.00. The number of aromatic amines is 2. The van der Waals surface area contributed by atoms with Gasteiger partial charge < -0.3 is 4.98 Å². The lowest BCUT2D eigenvalue weighted by Gasteiger charge is -2.16. The SMILES string of the molecule is Cc1ccc(N2C(=O)CC(c3c(C)[nH]n(-c4nc5ccccc5[nH]4)c3=O)C2=O)cc1C. The quantitative estimate of drug-likeness (QED) is 0.502. The molecule has 2 N–H and O–H groups in total. The average molecular weight is 415 g/mol. The molecule has 0 bridgehead atoms. The van der Waals surface area contributed by atoms with E-state index in [0.717, 1.165) is 22.2 Å². The minimum Gasteiger partial charge on any atom is -0.322 e. The number of fused-ring (bicyclic) bond motifs is 1. The number of hydrogen-bond donors (Lipinski definition) is 2. The Morgan fingerprint density at radius 1 is 1.00 bits per heavy atom. The van der Waals surface area contributed by atoms with Gasteiger partial charge in [-0.1, -0.05) is 18.2 Å². The third-order valence-corrected chi connectivity index (χ3v) is 5.95. The summed E-state index contributed by atoms with van der Waals surface area (Å²) in [6, 6.07) is 12.9. The number of hydrogen-bond acceptors (Lipinski definition) is 4. The largest absolute Gasteiger partial charge is 0.322 e. The van der Waals surface area contributed by atoms with Gasteiger partial charge in [-0.3, -0.25) is 19.5 Å². The maximum Gasteiger partial charge on any atom is 0.278 e. The summed E-state index contributed by atoms with van der Waals surface area (Å²) in [6.07, 6.45) is -0.0418. The molecule has 8 nitrogen and oxygen atoms in total. The summed E-state index contributed by atoms with van der Waals surface area (Å²) >= 11 is 0. The van der Waals surface area contributed by atoms with Gasteiger partial charge in [0.25, 0.3) is 5.56 Å². The standard InChI is InChI=1S/C23H21N5O3/c1-12-8-9-15(10-13(12)2)27-19(29)11-16(21(27)30)20-14(3)26-28(22(20)31)23-24-17-6-4-5-7-18(17)25-23/h4-10,16,26H,11H2,1-3H3,(H,24,25). The number of nitrogens with zero attached hydrogens (tertiary/aromatic N) is 3. The first-order valence-corrected chi connectivity index (χ1v) is 10.1. The highest BCUT2D eigenvalue weighted by Crippen LogP contribution is 2.33. The molecule has 2 aromatic heterocycles. The molecule has 1 fully saturated rings. The molecule has 0 saturated carbocycles. The zero-order chi connectivity index (χ0) is 21.9. The molecule has 4 aromatic rings. The molecule has 5 rings (SSSR count). The number of para-hydroxylation sites is 2. The number of imidazole rings is 1. The molecule has 0 spiro atoms. The molecule has 1 atom stereocenters. The Balaban J connectivity index is 1.55. The van der Waals surface area contributed by atoms with Crippen LogP contribution in [0.15, 0.2) is 47.3 Å². The van der Waals surface area contributed by atoms with Crippen molar-refractivity contribution in [2.45, 2.75) is 33.1 Å². The third kappa shape index (κ3) is 2.91. The van der Waals surface area contributed by atoms with Crippen LogP contribution in [0.5, 0.6) is 0 Å². The van der Waals surface area contributed by atoms with Crippen LogP contribution in [-0.4, -0.2) is 31.6 Å². The van der Waals surface area contributed by atoms with Crippen LogP contribution in [0.2, 0.25) is 0 Å². The lowest BCUT2D eigenvalue weighted by atomic mass is 9.98. The summed E-state index contributed by atoms with van der Waals surface area (Å²) in [7, 11) is 0. The smallest absolute Gasteiger partial charge is 0.278 e. The first-order valence-electron chi connectivity index (χ1n) is 10.1. The number of carbonyl (C=O) groups excluding carboxylic acids is 2. The number of aromatic nitrogens is 4.